The van der Waals surface area contributed by atoms with Crippen molar-refractivity contribution in [3.63, 3.8) is 0 Å². The number of nitrogens with two attached hydrogens (primary N) is 1. The van der Waals surface area contributed by atoms with E-state index in [2.05, 4.69) is 0 Å². The van der Waals surface area contributed by atoms with Crippen molar-refractivity contribution >= 4 is 0 Å². The summed E-state index contributed by atoms with van der Waals surface area (Å²) in [5.74, 6) is 0. The van der Waals surface area contributed by atoms with Crippen LogP contribution in [-0.4, -0.2) is 5.67 Å². The zero-order valence-electron chi connectivity index (χ0n) is 9.71. The maximum absolute atomic E-state index is 14.5. The van der Waals surface area contributed by atoms with Gasteiger partial charge in [0.2, 0.25) is 0 Å². The van der Waals surface area contributed by atoms with Crippen LogP contribution in [0.1, 0.15) is 43.2 Å². The second kappa shape index (κ2) is 4.96. The minimum absolute atomic E-state index is 0.506. The Morgan fingerprint density at radius 3 is 2.31 bits per heavy atom. The highest BCUT2D eigenvalue weighted by Gasteiger charge is 2.32. The Labute approximate surface area is 96.9 Å². The van der Waals surface area contributed by atoms with Crippen molar-refractivity contribution < 1.29 is 4.39 Å². The van der Waals surface area contributed by atoms with Crippen LogP contribution < -0.4 is 5.73 Å². The summed E-state index contributed by atoms with van der Waals surface area (Å²) >= 11 is 0. The van der Waals surface area contributed by atoms with E-state index in [1.165, 1.54) is 6.42 Å². The summed E-state index contributed by atoms with van der Waals surface area (Å²) in [7, 11) is 0. The SMILES string of the molecule is NCc1ccccc1CC1(F)CCCCC1. The van der Waals surface area contributed by atoms with Gasteiger partial charge in [-0.25, -0.2) is 4.39 Å². The van der Waals surface area contributed by atoms with Crippen LogP contribution >= 0.6 is 0 Å². The summed E-state index contributed by atoms with van der Waals surface area (Å²) in [4.78, 5) is 0. The smallest absolute Gasteiger partial charge is 0.115 e. The summed E-state index contributed by atoms with van der Waals surface area (Å²) in [6.45, 7) is 0.506. The molecule has 1 aliphatic carbocycles. The van der Waals surface area contributed by atoms with E-state index in [-0.39, 0.29) is 0 Å². The van der Waals surface area contributed by atoms with Crippen molar-refractivity contribution in [2.75, 3.05) is 0 Å². The van der Waals surface area contributed by atoms with Crippen LogP contribution in [-0.2, 0) is 13.0 Å². The Hall–Kier alpha value is -0.890. The van der Waals surface area contributed by atoms with Gasteiger partial charge in [-0.1, -0.05) is 43.5 Å². The lowest BCUT2D eigenvalue weighted by Gasteiger charge is -2.30. The molecule has 1 aliphatic rings. The van der Waals surface area contributed by atoms with Gasteiger partial charge in [-0.3, -0.25) is 0 Å². The lowest BCUT2D eigenvalue weighted by molar-refractivity contribution is 0.107. The zero-order valence-corrected chi connectivity index (χ0v) is 9.71. The molecule has 0 bridgehead atoms. The molecule has 0 aliphatic heterocycles. The molecule has 2 N–H and O–H groups in total. The van der Waals surface area contributed by atoms with Crippen LogP contribution in [0.15, 0.2) is 24.3 Å². The molecule has 1 fully saturated rings. The monoisotopic (exact) mass is 221 g/mol. The lowest BCUT2D eigenvalue weighted by Crippen LogP contribution is -2.29. The van der Waals surface area contributed by atoms with E-state index >= 15 is 0 Å². The summed E-state index contributed by atoms with van der Waals surface area (Å²) < 4.78 is 14.5. The van der Waals surface area contributed by atoms with Crippen LogP contribution in [0, 0.1) is 0 Å². The molecule has 1 saturated carbocycles. The second-order valence-electron chi connectivity index (χ2n) is 4.86. The highest BCUT2D eigenvalue weighted by molar-refractivity contribution is 5.28. The van der Waals surface area contributed by atoms with Crippen molar-refractivity contribution in [2.24, 2.45) is 5.73 Å². The first-order valence-electron chi connectivity index (χ1n) is 6.19. The Kier molecular flexibility index (Phi) is 3.59. The highest BCUT2D eigenvalue weighted by Crippen LogP contribution is 2.35. The topological polar surface area (TPSA) is 26.0 Å². The minimum Gasteiger partial charge on any atom is -0.326 e. The molecule has 0 aromatic heterocycles. The Morgan fingerprint density at radius 2 is 1.69 bits per heavy atom. The normalized spacial score (nSPS) is 19.6. The molecule has 2 heteroatoms. The van der Waals surface area contributed by atoms with Gasteiger partial charge in [-0.05, 0) is 24.0 Å². The number of hydrogen-bond donors (Lipinski definition) is 1. The molecule has 0 unspecified atom stereocenters. The van der Waals surface area contributed by atoms with Gasteiger partial charge in [0.15, 0.2) is 0 Å². The van der Waals surface area contributed by atoms with Gasteiger partial charge in [0, 0.05) is 13.0 Å². The number of rotatable bonds is 3. The average molecular weight is 221 g/mol. The maximum Gasteiger partial charge on any atom is 0.115 e. The fourth-order valence-electron chi connectivity index (χ4n) is 2.63. The first kappa shape index (κ1) is 11.6. The standard InChI is InChI=1S/C14H20FN/c15-14(8-4-1-5-9-14)10-12-6-2-3-7-13(12)11-16/h2-3,6-7H,1,4-5,8-11,16H2. The van der Waals surface area contributed by atoms with Crippen LogP contribution in [0.3, 0.4) is 0 Å². The van der Waals surface area contributed by atoms with E-state index in [1.807, 2.05) is 24.3 Å². The molecule has 0 spiro atoms. The van der Waals surface area contributed by atoms with Gasteiger partial charge >= 0.3 is 0 Å². The van der Waals surface area contributed by atoms with Crippen molar-refractivity contribution in [1.29, 1.82) is 0 Å². The Bertz CT molecular complexity index is 342. The Morgan fingerprint density at radius 1 is 1.06 bits per heavy atom. The molecule has 2 rings (SSSR count). The second-order valence-corrected chi connectivity index (χ2v) is 4.86. The van der Waals surface area contributed by atoms with E-state index < -0.39 is 5.67 Å². The fraction of sp³-hybridized carbons (Fsp3) is 0.571. The van der Waals surface area contributed by atoms with E-state index in [1.54, 1.807) is 0 Å². The molecular formula is C14H20FN. The van der Waals surface area contributed by atoms with Gasteiger partial charge in [0.05, 0.1) is 0 Å². The van der Waals surface area contributed by atoms with E-state index in [4.69, 9.17) is 5.73 Å². The first-order chi connectivity index (χ1) is 7.73. The molecule has 0 atom stereocenters. The summed E-state index contributed by atoms with van der Waals surface area (Å²) in [6, 6.07) is 7.96. The van der Waals surface area contributed by atoms with Crippen molar-refractivity contribution in [1.82, 2.24) is 0 Å². The van der Waals surface area contributed by atoms with Gasteiger partial charge in [0.1, 0.15) is 5.67 Å². The predicted molar refractivity (Wildman–Crippen MR) is 65.0 cm³/mol. The number of alkyl halides is 1. The van der Waals surface area contributed by atoms with Crippen LogP contribution in [0.4, 0.5) is 4.39 Å². The lowest BCUT2D eigenvalue weighted by atomic mass is 9.81. The highest BCUT2D eigenvalue weighted by atomic mass is 19.1. The summed E-state index contributed by atoms with van der Waals surface area (Å²) in [5.41, 5.74) is 6.87. The molecule has 16 heavy (non-hydrogen) atoms. The molecule has 0 saturated heterocycles. The molecule has 0 radical (unpaired) electrons. The number of halogens is 1. The third-order valence-electron chi connectivity index (χ3n) is 3.60. The van der Waals surface area contributed by atoms with E-state index in [0.717, 1.165) is 24.0 Å². The minimum atomic E-state index is -0.983. The molecule has 1 aromatic carbocycles. The van der Waals surface area contributed by atoms with Gasteiger partial charge in [0.25, 0.3) is 0 Å². The van der Waals surface area contributed by atoms with Gasteiger partial charge in [-0.15, -0.1) is 0 Å². The summed E-state index contributed by atoms with van der Waals surface area (Å²) in [6.07, 6.45) is 5.21. The largest absolute Gasteiger partial charge is 0.326 e. The van der Waals surface area contributed by atoms with E-state index in [9.17, 15) is 4.39 Å². The molecule has 0 amide bonds. The number of benzene rings is 1. The van der Waals surface area contributed by atoms with Gasteiger partial charge in [-0.2, -0.15) is 0 Å². The van der Waals surface area contributed by atoms with Crippen LogP contribution in [0.5, 0.6) is 0 Å². The molecule has 1 aromatic rings. The molecule has 0 heterocycles. The number of hydrogen-bond acceptors (Lipinski definition) is 1. The van der Waals surface area contributed by atoms with Crippen molar-refractivity contribution in [3.8, 4) is 0 Å². The van der Waals surface area contributed by atoms with Crippen LogP contribution in [0.25, 0.3) is 0 Å². The zero-order chi connectivity index (χ0) is 11.4. The quantitative estimate of drug-likeness (QED) is 0.832. The first-order valence-corrected chi connectivity index (χ1v) is 6.19. The third-order valence-corrected chi connectivity index (χ3v) is 3.60. The van der Waals surface area contributed by atoms with Crippen molar-refractivity contribution in [2.45, 2.75) is 50.7 Å². The van der Waals surface area contributed by atoms with Gasteiger partial charge < -0.3 is 5.73 Å². The molecule has 88 valence electrons. The Balaban J connectivity index is 2.12. The van der Waals surface area contributed by atoms with E-state index in [0.29, 0.717) is 25.8 Å². The van der Waals surface area contributed by atoms with Crippen LogP contribution in [0.2, 0.25) is 0 Å². The molecule has 1 nitrogen and oxygen atoms in total. The average Bonchev–Trinajstić information content (AvgIpc) is 2.30. The summed E-state index contributed by atoms with van der Waals surface area (Å²) in [5, 5.41) is 0. The maximum atomic E-state index is 14.5. The predicted octanol–water partition coefficient (Wildman–Crippen LogP) is 3.36. The third kappa shape index (κ3) is 2.62. The fourth-order valence-corrected chi connectivity index (χ4v) is 2.63. The molecular weight excluding hydrogens is 201 g/mol. The van der Waals surface area contributed by atoms with Crippen molar-refractivity contribution in [3.05, 3.63) is 35.4 Å².